The average Bonchev–Trinajstić information content (AvgIpc) is 3.03. The van der Waals surface area contributed by atoms with Crippen molar-refractivity contribution in [3.8, 4) is 0 Å². The summed E-state index contributed by atoms with van der Waals surface area (Å²) in [6, 6.07) is 12.6. The van der Waals surface area contributed by atoms with Crippen molar-refractivity contribution in [3.63, 3.8) is 0 Å². The van der Waals surface area contributed by atoms with Gasteiger partial charge in [-0.3, -0.25) is 9.59 Å². The summed E-state index contributed by atoms with van der Waals surface area (Å²) in [4.78, 5) is 32.1. The van der Waals surface area contributed by atoms with E-state index in [0.29, 0.717) is 28.0 Å². The molecule has 0 spiro atoms. The van der Waals surface area contributed by atoms with Crippen LogP contribution in [-0.4, -0.2) is 21.8 Å². The van der Waals surface area contributed by atoms with Gasteiger partial charge in [-0.25, -0.2) is 9.97 Å². The topological polar surface area (TPSA) is 96.0 Å². The van der Waals surface area contributed by atoms with E-state index in [1.165, 1.54) is 18.3 Å². The van der Waals surface area contributed by atoms with Crippen LogP contribution in [0.2, 0.25) is 0 Å². The smallest absolute Gasteiger partial charge is 0.275 e. The molecule has 26 heavy (non-hydrogen) atoms. The minimum Gasteiger partial charge on any atom is -0.326 e. The molecule has 3 aromatic rings. The highest BCUT2D eigenvalue weighted by Gasteiger charge is 2.12. The second-order valence-electron chi connectivity index (χ2n) is 5.54. The van der Waals surface area contributed by atoms with Crippen LogP contribution in [0.5, 0.6) is 0 Å². The third-order valence-electron chi connectivity index (χ3n) is 3.30. The van der Waals surface area contributed by atoms with Gasteiger partial charge in [0.1, 0.15) is 11.5 Å². The van der Waals surface area contributed by atoms with Crippen molar-refractivity contribution in [1.82, 2.24) is 9.97 Å². The summed E-state index contributed by atoms with van der Waals surface area (Å²) in [6.07, 6.45) is 0. The lowest BCUT2D eigenvalue weighted by Crippen LogP contribution is -2.13. The number of nitrogens with one attached hydrogen (secondary N) is 3. The Morgan fingerprint density at radius 2 is 1.73 bits per heavy atom. The molecule has 2 heterocycles. The Kier molecular flexibility index (Phi) is 5.23. The first-order valence-electron chi connectivity index (χ1n) is 7.85. The van der Waals surface area contributed by atoms with Crippen molar-refractivity contribution in [1.29, 1.82) is 0 Å². The number of nitrogens with zero attached hydrogens (tertiary/aromatic N) is 2. The van der Waals surface area contributed by atoms with E-state index in [0.717, 1.165) is 5.69 Å². The summed E-state index contributed by atoms with van der Waals surface area (Å²) in [5.41, 5.74) is 2.38. The van der Waals surface area contributed by atoms with Gasteiger partial charge in [0.2, 0.25) is 5.91 Å². The van der Waals surface area contributed by atoms with E-state index in [2.05, 4.69) is 25.9 Å². The van der Waals surface area contributed by atoms with Crippen LogP contribution in [0, 0.1) is 6.92 Å². The normalized spacial score (nSPS) is 10.2. The first-order valence-corrected chi connectivity index (χ1v) is 8.73. The van der Waals surface area contributed by atoms with E-state index in [-0.39, 0.29) is 11.8 Å². The van der Waals surface area contributed by atoms with E-state index in [9.17, 15) is 9.59 Å². The number of carbonyl (C=O) groups is 2. The number of rotatable bonds is 5. The molecule has 132 valence electrons. The summed E-state index contributed by atoms with van der Waals surface area (Å²) in [7, 11) is 0. The third-order valence-corrected chi connectivity index (χ3v) is 4.06. The van der Waals surface area contributed by atoms with E-state index in [1.54, 1.807) is 29.6 Å². The predicted octanol–water partition coefficient (Wildman–Crippen LogP) is 3.80. The van der Waals surface area contributed by atoms with Gasteiger partial charge < -0.3 is 16.0 Å². The molecule has 0 aliphatic heterocycles. The van der Waals surface area contributed by atoms with Crippen LogP contribution < -0.4 is 16.0 Å². The molecule has 0 saturated heterocycles. The molecule has 0 fully saturated rings. The molecule has 0 bridgehead atoms. The van der Waals surface area contributed by atoms with Gasteiger partial charge >= 0.3 is 0 Å². The quantitative estimate of drug-likeness (QED) is 0.637. The summed E-state index contributed by atoms with van der Waals surface area (Å²) in [6.45, 7) is 3.33. The monoisotopic (exact) mass is 367 g/mol. The lowest BCUT2D eigenvalue weighted by Gasteiger charge is -2.06. The Hall–Kier alpha value is -3.26. The number of hydrogen-bond donors (Lipinski definition) is 3. The van der Waals surface area contributed by atoms with E-state index in [4.69, 9.17) is 0 Å². The second kappa shape index (κ2) is 7.75. The third kappa shape index (κ3) is 4.64. The maximum absolute atomic E-state index is 12.4. The molecule has 3 rings (SSSR count). The fourth-order valence-electron chi connectivity index (χ4n) is 2.23. The zero-order valence-corrected chi connectivity index (χ0v) is 15.1. The molecule has 2 amide bonds. The van der Waals surface area contributed by atoms with Crippen molar-refractivity contribution in [3.05, 3.63) is 59.2 Å². The molecule has 0 saturated carbocycles. The van der Waals surface area contributed by atoms with Crippen LogP contribution in [0.3, 0.4) is 0 Å². The number of pyridine rings is 1. The molecule has 0 unspecified atom stereocenters. The highest BCUT2D eigenvalue weighted by Crippen LogP contribution is 2.21. The molecule has 7 nitrogen and oxygen atoms in total. The maximum Gasteiger partial charge on any atom is 0.275 e. The fraction of sp³-hybridized carbons (Fsp3) is 0.111. The molecule has 2 aromatic heterocycles. The van der Waals surface area contributed by atoms with Crippen LogP contribution >= 0.6 is 11.3 Å². The molecule has 1 aromatic carbocycles. The Morgan fingerprint density at radius 1 is 1.00 bits per heavy atom. The Balaban J connectivity index is 1.67. The number of amides is 2. The highest BCUT2D eigenvalue weighted by molar-refractivity contribution is 7.14. The molecule has 0 radical (unpaired) electrons. The molecule has 3 N–H and O–H groups in total. The molecule has 0 atom stereocenters. The molecular weight excluding hydrogens is 350 g/mol. The van der Waals surface area contributed by atoms with Gasteiger partial charge in [-0.2, -0.15) is 0 Å². The fourth-order valence-corrected chi connectivity index (χ4v) is 2.93. The van der Waals surface area contributed by atoms with Gasteiger partial charge in [-0.1, -0.05) is 12.1 Å². The molecule has 8 heteroatoms. The zero-order valence-electron chi connectivity index (χ0n) is 14.2. The Bertz CT molecular complexity index is 954. The minimum atomic E-state index is -0.327. The number of hydrogen-bond acceptors (Lipinski definition) is 6. The van der Waals surface area contributed by atoms with Gasteiger partial charge in [0.15, 0.2) is 5.13 Å². The average molecular weight is 367 g/mol. The molecule has 0 aliphatic rings. The lowest BCUT2D eigenvalue weighted by atomic mass is 10.2. The van der Waals surface area contributed by atoms with Gasteiger partial charge in [-0.15, -0.1) is 11.3 Å². The van der Waals surface area contributed by atoms with Crippen molar-refractivity contribution < 1.29 is 9.59 Å². The Labute approximate surface area is 154 Å². The summed E-state index contributed by atoms with van der Waals surface area (Å²) < 4.78 is 0. The zero-order chi connectivity index (χ0) is 18.5. The molecule has 0 aliphatic carbocycles. The minimum absolute atomic E-state index is 0.173. The van der Waals surface area contributed by atoms with Crippen molar-refractivity contribution >= 4 is 45.5 Å². The highest BCUT2D eigenvalue weighted by atomic mass is 32.1. The molecular formula is C18H17N5O2S. The van der Waals surface area contributed by atoms with Crippen LogP contribution in [0.4, 0.5) is 22.3 Å². The van der Waals surface area contributed by atoms with Crippen LogP contribution in [0.1, 0.15) is 23.1 Å². The second-order valence-corrected chi connectivity index (χ2v) is 6.40. The predicted molar refractivity (Wildman–Crippen MR) is 103 cm³/mol. The first kappa shape index (κ1) is 17.6. The van der Waals surface area contributed by atoms with Crippen LogP contribution in [-0.2, 0) is 4.79 Å². The number of anilines is 4. The summed E-state index contributed by atoms with van der Waals surface area (Å²) in [5.74, 6) is 0.175. The number of carbonyl (C=O) groups excluding carboxylic acids is 2. The van der Waals surface area contributed by atoms with Crippen molar-refractivity contribution in [2.75, 3.05) is 16.0 Å². The van der Waals surface area contributed by atoms with E-state index < -0.39 is 0 Å². The maximum atomic E-state index is 12.4. The van der Waals surface area contributed by atoms with Gasteiger partial charge in [-0.05, 0) is 37.3 Å². The number of benzene rings is 1. The number of aryl methyl sites for hydroxylation is 1. The van der Waals surface area contributed by atoms with Crippen molar-refractivity contribution in [2.45, 2.75) is 13.8 Å². The van der Waals surface area contributed by atoms with E-state index in [1.807, 2.05) is 25.1 Å². The SMILES string of the molecule is CC(=O)Nc1cccc(NC(=O)c2csc(Nc3cccc(C)n3)n2)c1. The van der Waals surface area contributed by atoms with Crippen LogP contribution in [0.25, 0.3) is 0 Å². The number of aromatic nitrogens is 2. The largest absolute Gasteiger partial charge is 0.326 e. The van der Waals surface area contributed by atoms with Crippen LogP contribution in [0.15, 0.2) is 47.8 Å². The standard InChI is InChI=1S/C18H17N5O2S/c1-11-5-3-8-16(19-11)23-18-22-15(10-26-18)17(25)21-14-7-4-6-13(9-14)20-12(2)24/h3-10H,1-2H3,(H,20,24)(H,21,25)(H,19,22,23). The van der Waals surface area contributed by atoms with E-state index >= 15 is 0 Å². The van der Waals surface area contributed by atoms with Gasteiger partial charge in [0, 0.05) is 29.4 Å². The Morgan fingerprint density at radius 3 is 2.46 bits per heavy atom. The number of thiazole rings is 1. The van der Waals surface area contributed by atoms with Gasteiger partial charge in [0.05, 0.1) is 0 Å². The first-order chi connectivity index (χ1) is 12.5. The summed E-state index contributed by atoms with van der Waals surface area (Å²) >= 11 is 1.32. The van der Waals surface area contributed by atoms with Crippen molar-refractivity contribution in [2.24, 2.45) is 0 Å². The van der Waals surface area contributed by atoms with Gasteiger partial charge in [0.25, 0.3) is 5.91 Å². The summed E-state index contributed by atoms with van der Waals surface area (Å²) in [5, 5.41) is 10.8. The lowest BCUT2D eigenvalue weighted by molar-refractivity contribution is -0.114.